The van der Waals surface area contributed by atoms with E-state index in [4.69, 9.17) is 4.74 Å². The van der Waals surface area contributed by atoms with Crippen molar-refractivity contribution in [1.29, 1.82) is 0 Å². The first-order valence-corrected chi connectivity index (χ1v) is 5.77. The molecule has 1 atom stereocenters. The maximum Gasteiger partial charge on any atom is 0.166 e. The molecule has 1 aromatic rings. The van der Waals surface area contributed by atoms with Crippen molar-refractivity contribution in [2.45, 2.75) is 20.3 Å². The fourth-order valence-corrected chi connectivity index (χ4v) is 1.83. The second kappa shape index (κ2) is 5.31. The van der Waals surface area contributed by atoms with E-state index >= 15 is 0 Å². The number of methoxy groups -OCH3 is 1. The number of carbonyl (C=O) groups excluding carboxylic acids is 1. The molecule has 0 radical (unpaired) electrons. The number of benzene rings is 1. The third-order valence-electron chi connectivity index (χ3n) is 2.50. The number of carbonyl (C=O) groups is 1. The van der Waals surface area contributed by atoms with E-state index in [1.54, 1.807) is 19.2 Å². The van der Waals surface area contributed by atoms with E-state index in [0.717, 1.165) is 22.2 Å². The second-order valence-electron chi connectivity index (χ2n) is 3.52. The van der Waals surface area contributed by atoms with Gasteiger partial charge in [-0.05, 0) is 40.5 Å². The van der Waals surface area contributed by atoms with E-state index in [1.807, 2.05) is 19.9 Å². The topological polar surface area (TPSA) is 26.3 Å². The number of halogens is 1. The summed E-state index contributed by atoms with van der Waals surface area (Å²) >= 11 is 3.39. The molecule has 0 amide bonds. The van der Waals surface area contributed by atoms with Gasteiger partial charge in [0.1, 0.15) is 5.75 Å². The Hall–Kier alpha value is -0.830. The minimum Gasteiger partial charge on any atom is -0.497 e. The van der Waals surface area contributed by atoms with Crippen molar-refractivity contribution < 1.29 is 9.53 Å². The number of rotatable bonds is 4. The van der Waals surface area contributed by atoms with Crippen molar-refractivity contribution in [3.05, 3.63) is 28.2 Å². The molecule has 0 aliphatic rings. The van der Waals surface area contributed by atoms with Gasteiger partial charge in [-0.3, -0.25) is 4.79 Å². The fourth-order valence-electron chi connectivity index (χ4n) is 1.27. The van der Waals surface area contributed by atoms with Crippen molar-refractivity contribution in [3.8, 4) is 5.75 Å². The average molecular weight is 271 g/mol. The van der Waals surface area contributed by atoms with E-state index in [9.17, 15) is 4.79 Å². The third kappa shape index (κ3) is 2.81. The van der Waals surface area contributed by atoms with Gasteiger partial charge in [0.25, 0.3) is 0 Å². The molecule has 0 saturated carbocycles. The highest BCUT2D eigenvalue weighted by atomic mass is 79.9. The van der Waals surface area contributed by atoms with E-state index in [-0.39, 0.29) is 11.7 Å². The molecule has 3 heteroatoms. The van der Waals surface area contributed by atoms with Gasteiger partial charge in [-0.25, -0.2) is 0 Å². The number of ketones is 1. The summed E-state index contributed by atoms with van der Waals surface area (Å²) in [5.41, 5.74) is 0.727. The maximum atomic E-state index is 11.9. The Bertz CT molecular complexity index is 361. The molecule has 0 aromatic heterocycles. The van der Waals surface area contributed by atoms with Gasteiger partial charge in [0.05, 0.1) is 7.11 Å². The summed E-state index contributed by atoms with van der Waals surface area (Å²) in [5.74, 6) is 0.990. The van der Waals surface area contributed by atoms with E-state index in [0.29, 0.717) is 0 Å². The lowest BCUT2D eigenvalue weighted by Gasteiger charge is -2.10. The SMILES string of the molecule is CCC(C)C(=O)c1ccc(OC)cc1Br. The highest BCUT2D eigenvalue weighted by molar-refractivity contribution is 9.10. The van der Waals surface area contributed by atoms with Gasteiger partial charge in [0.15, 0.2) is 5.78 Å². The summed E-state index contributed by atoms with van der Waals surface area (Å²) in [6.07, 6.45) is 0.858. The zero-order valence-electron chi connectivity index (χ0n) is 9.21. The van der Waals surface area contributed by atoms with Crippen LogP contribution in [0.25, 0.3) is 0 Å². The molecule has 15 heavy (non-hydrogen) atoms. The van der Waals surface area contributed by atoms with Crippen molar-refractivity contribution in [2.75, 3.05) is 7.11 Å². The van der Waals surface area contributed by atoms with Crippen LogP contribution in [0, 0.1) is 5.92 Å². The summed E-state index contributed by atoms with van der Waals surface area (Å²) < 4.78 is 5.87. The summed E-state index contributed by atoms with van der Waals surface area (Å²) in [4.78, 5) is 11.9. The van der Waals surface area contributed by atoms with Crippen LogP contribution in [-0.4, -0.2) is 12.9 Å². The molecule has 0 saturated heterocycles. The molecule has 1 rings (SSSR count). The number of ether oxygens (including phenoxy) is 1. The molecule has 0 fully saturated rings. The Labute approximate surface area is 98.8 Å². The molecule has 1 aromatic carbocycles. The highest BCUT2D eigenvalue weighted by Gasteiger charge is 2.16. The van der Waals surface area contributed by atoms with Gasteiger partial charge in [-0.15, -0.1) is 0 Å². The minimum atomic E-state index is 0.0645. The summed E-state index contributed by atoms with van der Waals surface area (Å²) in [5, 5.41) is 0. The van der Waals surface area contributed by atoms with Gasteiger partial charge in [0.2, 0.25) is 0 Å². The Morgan fingerprint density at radius 1 is 1.53 bits per heavy atom. The molecule has 2 nitrogen and oxygen atoms in total. The predicted octanol–water partition coefficient (Wildman–Crippen LogP) is 3.69. The Kier molecular flexibility index (Phi) is 4.33. The highest BCUT2D eigenvalue weighted by Crippen LogP contribution is 2.25. The zero-order chi connectivity index (χ0) is 11.4. The molecule has 0 bridgehead atoms. The quantitative estimate of drug-likeness (QED) is 0.781. The second-order valence-corrected chi connectivity index (χ2v) is 4.37. The van der Waals surface area contributed by atoms with Crippen LogP contribution in [0.1, 0.15) is 30.6 Å². The van der Waals surface area contributed by atoms with Crippen molar-refractivity contribution in [3.63, 3.8) is 0 Å². The van der Waals surface area contributed by atoms with Crippen LogP contribution in [0.3, 0.4) is 0 Å². The average Bonchev–Trinajstić information content (AvgIpc) is 2.26. The lowest BCUT2D eigenvalue weighted by molar-refractivity contribution is 0.0926. The largest absolute Gasteiger partial charge is 0.497 e. The van der Waals surface area contributed by atoms with Crippen molar-refractivity contribution >= 4 is 21.7 Å². The zero-order valence-corrected chi connectivity index (χ0v) is 10.8. The van der Waals surface area contributed by atoms with Gasteiger partial charge in [-0.1, -0.05) is 13.8 Å². The van der Waals surface area contributed by atoms with Gasteiger partial charge in [0, 0.05) is 16.0 Å². The fraction of sp³-hybridized carbons (Fsp3) is 0.417. The monoisotopic (exact) mass is 270 g/mol. The molecule has 0 N–H and O–H groups in total. The Balaban J connectivity index is 3.00. The van der Waals surface area contributed by atoms with Crippen LogP contribution in [0.2, 0.25) is 0 Å². The normalized spacial score (nSPS) is 12.3. The standard InChI is InChI=1S/C12H15BrO2/c1-4-8(2)12(14)10-6-5-9(15-3)7-11(10)13/h5-8H,4H2,1-3H3. The molecule has 0 heterocycles. The van der Waals surface area contributed by atoms with E-state index < -0.39 is 0 Å². The smallest absolute Gasteiger partial charge is 0.166 e. The Morgan fingerprint density at radius 3 is 2.67 bits per heavy atom. The van der Waals surface area contributed by atoms with Crippen LogP contribution in [0.4, 0.5) is 0 Å². The van der Waals surface area contributed by atoms with Crippen molar-refractivity contribution in [2.24, 2.45) is 5.92 Å². The van der Waals surface area contributed by atoms with E-state index in [1.165, 1.54) is 0 Å². The molecular weight excluding hydrogens is 256 g/mol. The first-order valence-electron chi connectivity index (χ1n) is 4.97. The summed E-state index contributed by atoms with van der Waals surface area (Å²) in [7, 11) is 1.61. The van der Waals surface area contributed by atoms with Crippen LogP contribution in [0.5, 0.6) is 5.75 Å². The van der Waals surface area contributed by atoms with Gasteiger partial charge in [-0.2, -0.15) is 0 Å². The van der Waals surface area contributed by atoms with Crippen LogP contribution >= 0.6 is 15.9 Å². The molecule has 0 aliphatic heterocycles. The van der Waals surface area contributed by atoms with Crippen LogP contribution < -0.4 is 4.74 Å². The van der Waals surface area contributed by atoms with Gasteiger partial charge < -0.3 is 4.74 Å². The first kappa shape index (κ1) is 12.2. The lowest BCUT2D eigenvalue weighted by atomic mass is 9.97. The first-order chi connectivity index (χ1) is 7.10. The minimum absolute atomic E-state index is 0.0645. The summed E-state index contributed by atoms with van der Waals surface area (Å²) in [6, 6.07) is 5.42. The van der Waals surface area contributed by atoms with Gasteiger partial charge >= 0.3 is 0 Å². The predicted molar refractivity (Wildman–Crippen MR) is 64.5 cm³/mol. The van der Waals surface area contributed by atoms with Crippen LogP contribution in [-0.2, 0) is 0 Å². The Morgan fingerprint density at radius 2 is 2.20 bits per heavy atom. The molecule has 0 spiro atoms. The third-order valence-corrected chi connectivity index (χ3v) is 3.16. The number of Topliss-reactive ketones (excluding diaryl/α,β-unsaturated/α-hetero) is 1. The van der Waals surface area contributed by atoms with Crippen LogP contribution in [0.15, 0.2) is 22.7 Å². The van der Waals surface area contributed by atoms with E-state index in [2.05, 4.69) is 15.9 Å². The maximum absolute atomic E-state index is 11.9. The lowest BCUT2D eigenvalue weighted by Crippen LogP contribution is -2.10. The molecule has 82 valence electrons. The molecule has 1 unspecified atom stereocenters. The molecular formula is C12H15BrO2. The van der Waals surface area contributed by atoms with Crippen molar-refractivity contribution in [1.82, 2.24) is 0 Å². The summed E-state index contributed by atoms with van der Waals surface area (Å²) in [6.45, 7) is 3.96. The number of hydrogen-bond acceptors (Lipinski definition) is 2. The molecule has 0 aliphatic carbocycles. The number of hydrogen-bond donors (Lipinski definition) is 0.